The molecule has 1 atom stereocenters. The first kappa shape index (κ1) is 16.2. The van der Waals surface area contributed by atoms with Gasteiger partial charge in [0.2, 0.25) is 12.5 Å². The highest BCUT2D eigenvalue weighted by atomic mass is 16.6. The highest BCUT2D eigenvalue weighted by molar-refractivity contribution is 5.82. The molecule has 0 saturated carbocycles. The van der Waals surface area contributed by atoms with Crippen LogP contribution in [0, 0.1) is 22.0 Å². The van der Waals surface area contributed by atoms with Gasteiger partial charge in [-0.2, -0.15) is 0 Å². The molecule has 1 amide bonds. The number of nitro groups is 1. The monoisotopic (exact) mass is 308 g/mol. The lowest BCUT2D eigenvalue weighted by molar-refractivity contribution is -0.480. The molecule has 0 aliphatic rings. The fraction of sp³-hybridized carbons (Fsp3) is 0.167. The Bertz CT molecular complexity index is 761. The number of nitrogens with two attached hydrogens (primary N) is 1. The third-order valence-corrected chi connectivity index (χ3v) is 3.40. The van der Waals surface area contributed by atoms with Gasteiger partial charge in [-0.05, 0) is 23.8 Å². The van der Waals surface area contributed by atoms with Crippen LogP contribution in [0.15, 0.2) is 54.6 Å². The van der Waals surface area contributed by atoms with Crippen molar-refractivity contribution in [3.8, 4) is 11.8 Å². The fourth-order valence-electron chi connectivity index (χ4n) is 2.26. The molecule has 0 bridgehead atoms. The average molecular weight is 308 g/mol. The molecular formula is C18H16N2O3. The molecule has 0 heterocycles. The summed E-state index contributed by atoms with van der Waals surface area (Å²) < 4.78 is 0. The highest BCUT2D eigenvalue weighted by Gasteiger charge is 2.22. The van der Waals surface area contributed by atoms with Crippen LogP contribution in [0.2, 0.25) is 0 Å². The summed E-state index contributed by atoms with van der Waals surface area (Å²) in [6.45, 7) is -0.311. The first-order chi connectivity index (χ1) is 11.1. The summed E-state index contributed by atoms with van der Waals surface area (Å²) in [6, 6.07) is 16.5. The minimum absolute atomic E-state index is 0.0619. The van der Waals surface area contributed by atoms with Crippen molar-refractivity contribution in [2.45, 2.75) is 12.3 Å². The standard InChI is InChI=1S/C18H16N2O3/c19-18(21)17(12-13-20(22)23)16-9-5-4-8-15(16)11-10-14-6-2-1-3-7-14/h1-9,17H,12-13H2,(H2,19,21). The van der Waals surface area contributed by atoms with E-state index in [1.54, 1.807) is 18.2 Å². The van der Waals surface area contributed by atoms with Crippen LogP contribution < -0.4 is 5.73 Å². The van der Waals surface area contributed by atoms with Gasteiger partial charge < -0.3 is 5.73 Å². The first-order valence-corrected chi connectivity index (χ1v) is 7.15. The SMILES string of the molecule is NC(=O)C(CC[N+](=O)[O-])c1ccccc1C#Cc1ccccc1. The maximum atomic E-state index is 11.7. The molecule has 1 unspecified atom stereocenters. The van der Waals surface area contributed by atoms with E-state index < -0.39 is 16.7 Å². The molecule has 23 heavy (non-hydrogen) atoms. The summed E-state index contributed by atoms with van der Waals surface area (Å²) in [5.41, 5.74) is 7.56. The largest absolute Gasteiger partial charge is 0.369 e. The smallest absolute Gasteiger partial charge is 0.225 e. The van der Waals surface area contributed by atoms with Crippen LogP contribution in [0.25, 0.3) is 0 Å². The van der Waals surface area contributed by atoms with Crippen LogP contribution in [0.5, 0.6) is 0 Å². The van der Waals surface area contributed by atoms with Crippen LogP contribution in [0.4, 0.5) is 0 Å². The summed E-state index contributed by atoms with van der Waals surface area (Å²) in [5, 5.41) is 10.6. The molecule has 0 spiro atoms. The second-order valence-electron chi connectivity index (χ2n) is 5.00. The van der Waals surface area contributed by atoms with Crippen molar-refractivity contribution in [2.24, 2.45) is 5.73 Å². The normalized spacial score (nSPS) is 11.1. The van der Waals surface area contributed by atoms with E-state index >= 15 is 0 Å². The zero-order valence-corrected chi connectivity index (χ0v) is 12.4. The quantitative estimate of drug-likeness (QED) is 0.522. The number of carbonyl (C=O) groups is 1. The van der Waals surface area contributed by atoms with Crippen molar-refractivity contribution in [3.05, 3.63) is 81.4 Å². The molecule has 0 aliphatic carbocycles. The van der Waals surface area contributed by atoms with Gasteiger partial charge in [0.1, 0.15) is 0 Å². The lowest BCUT2D eigenvalue weighted by Gasteiger charge is -2.13. The van der Waals surface area contributed by atoms with Gasteiger partial charge >= 0.3 is 0 Å². The summed E-state index contributed by atoms with van der Waals surface area (Å²) in [5.74, 6) is 4.75. The Morgan fingerprint density at radius 3 is 2.39 bits per heavy atom. The maximum absolute atomic E-state index is 11.7. The first-order valence-electron chi connectivity index (χ1n) is 7.15. The van der Waals surface area contributed by atoms with E-state index in [9.17, 15) is 14.9 Å². The van der Waals surface area contributed by atoms with E-state index in [0.717, 1.165) is 5.56 Å². The Kier molecular flexibility index (Phi) is 5.48. The summed E-state index contributed by atoms with van der Waals surface area (Å²) in [7, 11) is 0. The van der Waals surface area contributed by atoms with Crippen LogP contribution in [0.1, 0.15) is 29.0 Å². The van der Waals surface area contributed by atoms with Gasteiger partial charge in [-0.1, -0.05) is 48.2 Å². The number of amides is 1. The highest BCUT2D eigenvalue weighted by Crippen LogP contribution is 2.23. The van der Waals surface area contributed by atoms with Gasteiger partial charge in [-0.3, -0.25) is 14.9 Å². The molecule has 0 aliphatic heterocycles. The molecule has 2 N–H and O–H groups in total. The minimum atomic E-state index is -0.721. The molecule has 2 aromatic carbocycles. The van der Waals surface area contributed by atoms with E-state index in [-0.39, 0.29) is 13.0 Å². The molecule has 0 radical (unpaired) electrons. The Labute approximate surface area is 134 Å². The second kappa shape index (κ2) is 7.76. The van der Waals surface area contributed by atoms with Gasteiger partial charge in [-0.15, -0.1) is 0 Å². The number of hydrogen-bond acceptors (Lipinski definition) is 3. The van der Waals surface area contributed by atoms with Crippen LogP contribution >= 0.6 is 0 Å². The predicted octanol–water partition coefficient (Wildman–Crippen LogP) is 2.32. The van der Waals surface area contributed by atoms with Gasteiger partial charge in [0.15, 0.2) is 0 Å². The summed E-state index contributed by atoms with van der Waals surface area (Å²) in [6.07, 6.45) is 0.0619. The number of hydrogen-bond donors (Lipinski definition) is 1. The lowest BCUT2D eigenvalue weighted by Crippen LogP contribution is -2.24. The number of primary amides is 1. The van der Waals surface area contributed by atoms with Crippen LogP contribution in [0.3, 0.4) is 0 Å². The Balaban J connectivity index is 2.34. The summed E-state index contributed by atoms with van der Waals surface area (Å²) >= 11 is 0. The lowest BCUT2D eigenvalue weighted by atomic mass is 9.91. The van der Waals surface area contributed by atoms with Crippen LogP contribution in [-0.2, 0) is 4.79 Å². The van der Waals surface area contributed by atoms with Gasteiger partial charge in [0.25, 0.3) is 0 Å². The van der Waals surface area contributed by atoms with E-state index in [2.05, 4.69) is 11.8 Å². The minimum Gasteiger partial charge on any atom is -0.369 e. The van der Waals surface area contributed by atoms with Crippen molar-refractivity contribution in [1.29, 1.82) is 0 Å². The molecule has 0 aromatic heterocycles. The zero-order valence-electron chi connectivity index (χ0n) is 12.4. The average Bonchev–Trinajstić information content (AvgIpc) is 2.54. The number of nitrogens with zero attached hydrogens (tertiary/aromatic N) is 1. The van der Waals surface area contributed by atoms with Crippen molar-refractivity contribution in [3.63, 3.8) is 0 Å². The van der Waals surface area contributed by atoms with Crippen molar-refractivity contribution in [1.82, 2.24) is 0 Å². The molecule has 2 rings (SSSR count). The van der Waals surface area contributed by atoms with Crippen molar-refractivity contribution < 1.29 is 9.72 Å². The van der Waals surface area contributed by atoms with E-state index in [4.69, 9.17) is 5.73 Å². The van der Waals surface area contributed by atoms with Gasteiger partial charge in [0, 0.05) is 22.5 Å². The Morgan fingerprint density at radius 2 is 1.74 bits per heavy atom. The van der Waals surface area contributed by atoms with Crippen LogP contribution in [-0.4, -0.2) is 17.4 Å². The number of benzene rings is 2. The Morgan fingerprint density at radius 1 is 1.09 bits per heavy atom. The van der Waals surface area contributed by atoms with Gasteiger partial charge in [-0.25, -0.2) is 0 Å². The predicted molar refractivity (Wildman–Crippen MR) is 87.3 cm³/mol. The molecule has 0 fully saturated rings. The van der Waals surface area contributed by atoms with Gasteiger partial charge in [0.05, 0.1) is 5.92 Å². The topological polar surface area (TPSA) is 86.2 Å². The number of carbonyl (C=O) groups excluding carboxylic acids is 1. The molecule has 116 valence electrons. The zero-order chi connectivity index (χ0) is 16.7. The third-order valence-electron chi connectivity index (χ3n) is 3.40. The Hall–Kier alpha value is -3.13. The molecule has 2 aromatic rings. The summed E-state index contributed by atoms with van der Waals surface area (Å²) in [4.78, 5) is 21.8. The third kappa shape index (κ3) is 4.68. The van der Waals surface area contributed by atoms with E-state index in [0.29, 0.717) is 11.1 Å². The van der Waals surface area contributed by atoms with Crippen molar-refractivity contribution in [2.75, 3.05) is 6.54 Å². The maximum Gasteiger partial charge on any atom is 0.225 e. The molecule has 5 nitrogen and oxygen atoms in total. The fourth-order valence-corrected chi connectivity index (χ4v) is 2.26. The molecule has 5 heteroatoms. The van der Waals surface area contributed by atoms with Crippen molar-refractivity contribution >= 4 is 5.91 Å². The molecular weight excluding hydrogens is 292 g/mol. The molecule has 0 saturated heterocycles. The van der Waals surface area contributed by atoms with E-state index in [1.165, 1.54) is 0 Å². The number of rotatable bonds is 5. The second-order valence-corrected chi connectivity index (χ2v) is 5.00. The van der Waals surface area contributed by atoms with E-state index in [1.807, 2.05) is 36.4 Å².